The van der Waals surface area contributed by atoms with Crippen molar-refractivity contribution in [2.45, 2.75) is 24.7 Å². The molecule has 0 bridgehead atoms. The SMILES string of the molecule is COC(C(=O)O)C1CCN(S(=O)(=O)Cc2ccccc2F)CC1. The Labute approximate surface area is 134 Å². The number of piperidine rings is 1. The van der Waals surface area contributed by atoms with Crippen LogP contribution in [0.25, 0.3) is 0 Å². The van der Waals surface area contributed by atoms with Gasteiger partial charge in [-0.05, 0) is 24.8 Å². The highest BCUT2D eigenvalue weighted by molar-refractivity contribution is 7.88. The first-order valence-electron chi connectivity index (χ1n) is 7.32. The Bertz CT molecular complexity index is 656. The van der Waals surface area contributed by atoms with Crippen LogP contribution in [0.15, 0.2) is 24.3 Å². The molecule has 0 saturated carbocycles. The summed E-state index contributed by atoms with van der Waals surface area (Å²) in [5, 5.41) is 9.08. The maximum absolute atomic E-state index is 13.6. The molecular weight excluding hydrogens is 325 g/mol. The monoisotopic (exact) mass is 345 g/mol. The zero-order valence-electron chi connectivity index (χ0n) is 12.8. The predicted molar refractivity (Wildman–Crippen MR) is 81.8 cm³/mol. The molecule has 0 spiro atoms. The van der Waals surface area contributed by atoms with Gasteiger partial charge in [-0.3, -0.25) is 0 Å². The summed E-state index contributed by atoms with van der Waals surface area (Å²) >= 11 is 0. The lowest BCUT2D eigenvalue weighted by atomic mass is 9.92. The number of carboxylic acid groups (broad SMARTS) is 1. The van der Waals surface area contributed by atoms with Crippen molar-refractivity contribution in [3.05, 3.63) is 35.6 Å². The van der Waals surface area contributed by atoms with Crippen LogP contribution in [0.4, 0.5) is 4.39 Å². The highest BCUT2D eigenvalue weighted by atomic mass is 32.2. The van der Waals surface area contributed by atoms with Gasteiger partial charge < -0.3 is 9.84 Å². The van der Waals surface area contributed by atoms with Crippen LogP contribution in [0, 0.1) is 11.7 Å². The number of carbonyl (C=O) groups is 1. The maximum Gasteiger partial charge on any atom is 0.333 e. The van der Waals surface area contributed by atoms with Crippen LogP contribution >= 0.6 is 0 Å². The van der Waals surface area contributed by atoms with Crippen molar-refractivity contribution in [3.63, 3.8) is 0 Å². The van der Waals surface area contributed by atoms with Gasteiger partial charge in [-0.25, -0.2) is 21.9 Å². The molecule has 1 atom stereocenters. The summed E-state index contributed by atoms with van der Waals surface area (Å²) in [4.78, 5) is 11.1. The van der Waals surface area contributed by atoms with Crippen LogP contribution in [0.2, 0.25) is 0 Å². The summed E-state index contributed by atoms with van der Waals surface area (Å²) in [7, 11) is -2.30. The standard InChI is InChI=1S/C15H20FNO5S/c1-22-14(15(18)19)11-6-8-17(9-7-11)23(20,21)10-12-4-2-3-5-13(12)16/h2-5,11,14H,6-10H2,1H3,(H,18,19). The molecule has 23 heavy (non-hydrogen) atoms. The minimum absolute atomic E-state index is 0.134. The number of rotatable bonds is 6. The second-order valence-corrected chi connectivity index (χ2v) is 7.55. The first-order valence-corrected chi connectivity index (χ1v) is 8.93. The fourth-order valence-corrected chi connectivity index (χ4v) is 4.43. The van der Waals surface area contributed by atoms with Crippen molar-refractivity contribution >= 4 is 16.0 Å². The van der Waals surface area contributed by atoms with Crippen LogP contribution in [0.3, 0.4) is 0 Å². The van der Waals surface area contributed by atoms with Crippen LogP contribution in [-0.2, 0) is 25.3 Å². The Hall–Kier alpha value is -1.51. The number of ether oxygens (including phenoxy) is 1. The lowest BCUT2D eigenvalue weighted by Crippen LogP contribution is -2.44. The molecule has 1 fully saturated rings. The number of sulfonamides is 1. The molecule has 1 aromatic rings. The third kappa shape index (κ3) is 4.27. The summed E-state index contributed by atoms with van der Waals surface area (Å²) in [5.41, 5.74) is 0.134. The average molecular weight is 345 g/mol. The molecule has 0 aromatic heterocycles. The van der Waals surface area contributed by atoms with E-state index in [9.17, 15) is 17.6 Å². The molecule has 6 nitrogen and oxygen atoms in total. The predicted octanol–water partition coefficient (Wildman–Crippen LogP) is 1.47. The van der Waals surface area contributed by atoms with E-state index in [-0.39, 0.29) is 24.6 Å². The number of carboxylic acids is 1. The second-order valence-electron chi connectivity index (χ2n) is 5.58. The molecule has 0 radical (unpaired) electrons. The van der Waals surface area contributed by atoms with E-state index in [0.29, 0.717) is 12.8 Å². The number of halogens is 1. The Morgan fingerprint density at radius 2 is 2.00 bits per heavy atom. The van der Waals surface area contributed by atoms with E-state index in [1.807, 2.05) is 0 Å². The van der Waals surface area contributed by atoms with Gasteiger partial charge in [0.25, 0.3) is 0 Å². The summed E-state index contributed by atoms with van der Waals surface area (Å²) in [6, 6.07) is 5.78. The summed E-state index contributed by atoms with van der Waals surface area (Å²) in [6.07, 6.45) is -0.116. The van der Waals surface area contributed by atoms with Gasteiger partial charge in [0, 0.05) is 25.8 Å². The molecule has 1 aliphatic heterocycles. The molecule has 1 N–H and O–H groups in total. The molecule has 2 rings (SSSR count). The zero-order chi connectivity index (χ0) is 17.0. The number of nitrogens with zero attached hydrogens (tertiary/aromatic N) is 1. The van der Waals surface area contributed by atoms with E-state index in [0.717, 1.165) is 0 Å². The molecule has 1 heterocycles. The maximum atomic E-state index is 13.6. The molecule has 0 aliphatic carbocycles. The number of benzene rings is 1. The number of aliphatic carboxylic acids is 1. The van der Waals surface area contributed by atoms with E-state index in [1.165, 1.54) is 29.6 Å². The number of hydrogen-bond acceptors (Lipinski definition) is 4. The van der Waals surface area contributed by atoms with Crippen molar-refractivity contribution in [1.29, 1.82) is 0 Å². The topological polar surface area (TPSA) is 83.9 Å². The van der Waals surface area contributed by atoms with E-state index >= 15 is 0 Å². The van der Waals surface area contributed by atoms with Crippen molar-refractivity contribution in [2.75, 3.05) is 20.2 Å². The van der Waals surface area contributed by atoms with Gasteiger partial charge in [-0.1, -0.05) is 18.2 Å². The zero-order valence-corrected chi connectivity index (χ0v) is 13.6. The van der Waals surface area contributed by atoms with Crippen molar-refractivity contribution in [2.24, 2.45) is 5.92 Å². The highest BCUT2D eigenvalue weighted by Gasteiger charge is 2.35. The quantitative estimate of drug-likeness (QED) is 0.844. The van der Waals surface area contributed by atoms with Gasteiger partial charge >= 0.3 is 5.97 Å². The van der Waals surface area contributed by atoms with E-state index in [1.54, 1.807) is 6.07 Å². The average Bonchev–Trinajstić information content (AvgIpc) is 2.50. The van der Waals surface area contributed by atoms with Crippen molar-refractivity contribution in [3.8, 4) is 0 Å². The Morgan fingerprint density at radius 3 is 2.52 bits per heavy atom. The third-order valence-corrected chi connectivity index (χ3v) is 5.94. The van der Waals surface area contributed by atoms with E-state index in [2.05, 4.69) is 0 Å². The minimum Gasteiger partial charge on any atom is -0.479 e. The van der Waals surface area contributed by atoms with Crippen molar-refractivity contribution < 1.29 is 27.4 Å². The van der Waals surface area contributed by atoms with E-state index < -0.39 is 33.7 Å². The fraction of sp³-hybridized carbons (Fsp3) is 0.533. The normalized spacial score (nSPS) is 18.7. The van der Waals surface area contributed by atoms with Crippen LogP contribution in [0.1, 0.15) is 18.4 Å². The van der Waals surface area contributed by atoms with Crippen molar-refractivity contribution in [1.82, 2.24) is 4.31 Å². The Kier molecular flexibility index (Phi) is 5.72. The second kappa shape index (κ2) is 7.37. The molecule has 1 saturated heterocycles. The largest absolute Gasteiger partial charge is 0.479 e. The molecule has 1 aromatic carbocycles. The van der Waals surface area contributed by atoms with Crippen LogP contribution < -0.4 is 0 Å². The van der Waals surface area contributed by atoms with Gasteiger partial charge in [0.15, 0.2) is 6.10 Å². The van der Waals surface area contributed by atoms with Gasteiger partial charge in [0.05, 0.1) is 5.75 Å². The van der Waals surface area contributed by atoms with E-state index in [4.69, 9.17) is 9.84 Å². The molecule has 1 aliphatic rings. The molecular formula is C15H20FNO5S. The smallest absolute Gasteiger partial charge is 0.333 e. The minimum atomic E-state index is -3.63. The first-order chi connectivity index (χ1) is 10.8. The summed E-state index contributed by atoms with van der Waals surface area (Å²) in [6.45, 7) is 0.434. The lowest BCUT2D eigenvalue weighted by Gasteiger charge is -2.33. The molecule has 128 valence electrons. The lowest BCUT2D eigenvalue weighted by molar-refractivity contribution is -0.152. The molecule has 1 unspecified atom stereocenters. The first kappa shape index (κ1) is 17.8. The highest BCUT2D eigenvalue weighted by Crippen LogP contribution is 2.25. The van der Waals surface area contributed by atoms with Crippen LogP contribution in [-0.4, -0.2) is 50.1 Å². The molecule has 0 amide bonds. The number of hydrogen-bond donors (Lipinski definition) is 1. The summed E-state index contributed by atoms with van der Waals surface area (Å²) in [5.74, 6) is -2.20. The van der Waals surface area contributed by atoms with Crippen LogP contribution in [0.5, 0.6) is 0 Å². The van der Waals surface area contributed by atoms with Gasteiger partial charge in [0.1, 0.15) is 5.82 Å². The Morgan fingerprint density at radius 1 is 1.39 bits per heavy atom. The summed E-state index contributed by atoms with van der Waals surface area (Å²) < 4.78 is 44.7. The van der Waals surface area contributed by atoms with Gasteiger partial charge in [-0.15, -0.1) is 0 Å². The number of methoxy groups -OCH3 is 1. The van der Waals surface area contributed by atoms with Gasteiger partial charge in [-0.2, -0.15) is 0 Å². The third-order valence-electron chi connectivity index (χ3n) is 4.11. The molecule has 8 heteroatoms. The fourth-order valence-electron chi connectivity index (χ4n) is 2.85. The Balaban J connectivity index is 2.01. The van der Waals surface area contributed by atoms with Gasteiger partial charge in [0.2, 0.25) is 10.0 Å².